The molecule has 2 saturated heterocycles. The summed E-state index contributed by atoms with van der Waals surface area (Å²) in [7, 11) is 0. The SMILES string of the molecule is C=C1[C@H]2C(c3ccc(N4CCOCC4)cc3)=C[C@@H]1CN2C(=O)CN1Cc2cc(F)ccc2NC1=O. The van der Waals surface area contributed by atoms with Crippen molar-refractivity contribution < 1.29 is 18.7 Å². The van der Waals surface area contributed by atoms with Crippen molar-refractivity contribution in [2.75, 3.05) is 49.6 Å². The lowest BCUT2D eigenvalue weighted by molar-refractivity contribution is -0.131. The third-order valence-corrected chi connectivity index (χ3v) is 7.39. The molecule has 0 saturated carbocycles. The molecule has 0 radical (unpaired) electrons. The highest BCUT2D eigenvalue weighted by Crippen LogP contribution is 2.45. The van der Waals surface area contributed by atoms with Crippen molar-refractivity contribution >= 4 is 28.9 Å². The molecule has 0 aromatic heterocycles. The number of rotatable bonds is 4. The van der Waals surface area contributed by atoms with Crippen molar-refractivity contribution in [3.8, 4) is 0 Å². The second kappa shape index (κ2) is 8.53. The molecule has 2 aromatic rings. The Morgan fingerprint density at radius 3 is 2.66 bits per heavy atom. The van der Waals surface area contributed by atoms with Crippen LogP contribution in [0.3, 0.4) is 0 Å². The first kappa shape index (κ1) is 21.9. The van der Waals surface area contributed by atoms with Gasteiger partial charge in [-0.2, -0.15) is 0 Å². The van der Waals surface area contributed by atoms with Gasteiger partial charge in [0.05, 0.1) is 25.8 Å². The number of morpholine rings is 1. The van der Waals surface area contributed by atoms with E-state index in [1.807, 2.05) is 4.90 Å². The predicted octanol–water partition coefficient (Wildman–Crippen LogP) is 3.49. The van der Waals surface area contributed by atoms with E-state index in [-0.39, 0.29) is 42.8 Å². The zero-order valence-electron chi connectivity index (χ0n) is 19.4. The van der Waals surface area contributed by atoms with E-state index < -0.39 is 0 Å². The van der Waals surface area contributed by atoms with Crippen LogP contribution in [0.5, 0.6) is 0 Å². The molecule has 35 heavy (non-hydrogen) atoms. The monoisotopic (exact) mass is 474 g/mol. The van der Waals surface area contributed by atoms with Crippen LogP contribution in [0.2, 0.25) is 0 Å². The Hall–Kier alpha value is -3.65. The van der Waals surface area contributed by atoms with E-state index in [0.29, 0.717) is 17.8 Å². The first-order valence-corrected chi connectivity index (χ1v) is 12.0. The van der Waals surface area contributed by atoms with Crippen molar-refractivity contribution in [3.63, 3.8) is 0 Å². The molecule has 0 unspecified atom stereocenters. The molecule has 180 valence electrons. The van der Waals surface area contributed by atoms with E-state index in [1.54, 1.807) is 6.07 Å². The largest absolute Gasteiger partial charge is 0.378 e. The Morgan fingerprint density at radius 2 is 1.91 bits per heavy atom. The van der Waals surface area contributed by atoms with Gasteiger partial charge < -0.3 is 24.8 Å². The number of benzene rings is 2. The number of urea groups is 1. The van der Waals surface area contributed by atoms with Gasteiger partial charge in [-0.25, -0.2) is 9.18 Å². The second-order valence-electron chi connectivity index (χ2n) is 9.49. The Morgan fingerprint density at radius 1 is 1.14 bits per heavy atom. The Kier molecular flexibility index (Phi) is 5.33. The maximum Gasteiger partial charge on any atom is 0.322 e. The minimum atomic E-state index is -0.367. The van der Waals surface area contributed by atoms with Gasteiger partial charge in [0.15, 0.2) is 0 Å². The molecule has 7 nitrogen and oxygen atoms in total. The summed E-state index contributed by atoms with van der Waals surface area (Å²) in [6, 6.07) is 12.2. The van der Waals surface area contributed by atoms with Crippen LogP contribution in [0.15, 0.2) is 60.7 Å². The van der Waals surface area contributed by atoms with E-state index >= 15 is 0 Å². The summed E-state index contributed by atoms with van der Waals surface area (Å²) in [5.41, 5.74) is 5.59. The van der Waals surface area contributed by atoms with Gasteiger partial charge in [0, 0.05) is 36.9 Å². The molecule has 1 aliphatic carbocycles. The van der Waals surface area contributed by atoms with Gasteiger partial charge in [0.2, 0.25) is 5.91 Å². The van der Waals surface area contributed by atoms with Gasteiger partial charge in [-0.15, -0.1) is 0 Å². The second-order valence-corrected chi connectivity index (χ2v) is 9.49. The summed E-state index contributed by atoms with van der Waals surface area (Å²) >= 11 is 0. The number of hydrogen-bond acceptors (Lipinski definition) is 4. The van der Waals surface area contributed by atoms with Crippen molar-refractivity contribution in [1.82, 2.24) is 9.80 Å². The summed E-state index contributed by atoms with van der Waals surface area (Å²) in [6.45, 7) is 8.21. The lowest BCUT2D eigenvalue weighted by atomic mass is 9.98. The standard InChI is InChI=1S/C27H27FN4O3/c1-17-19-13-23(18-2-5-22(6-3-18)30-8-10-35-11-9-30)26(17)32(15-19)25(33)16-31-14-20-12-21(28)4-7-24(20)29-27(31)34/h2-7,12-13,19,26H,1,8-11,14-16H2,(H,29,34)/t19-,26+/m1/s1. The Balaban J connectivity index is 1.17. The maximum atomic E-state index is 13.7. The van der Waals surface area contributed by atoms with E-state index in [2.05, 4.69) is 47.1 Å². The molecular weight excluding hydrogens is 447 g/mol. The van der Waals surface area contributed by atoms with Crippen LogP contribution in [0, 0.1) is 11.7 Å². The summed E-state index contributed by atoms with van der Waals surface area (Å²) in [6.07, 6.45) is 2.22. The topological polar surface area (TPSA) is 65.1 Å². The first-order valence-electron chi connectivity index (χ1n) is 12.0. The number of carbonyl (C=O) groups is 2. The first-order chi connectivity index (χ1) is 17.0. The number of fused-ring (bicyclic) bond motifs is 3. The molecule has 0 spiro atoms. The molecule has 3 heterocycles. The molecule has 6 rings (SSSR count). The third-order valence-electron chi connectivity index (χ3n) is 7.39. The number of anilines is 2. The lowest BCUT2D eigenvalue weighted by Gasteiger charge is -2.33. The highest BCUT2D eigenvalue weighted by Gasteiger charge is 2.45. The molecule has 8 heteroatoms. The van der Waals surface area contributed by atoms with Crippen LogP contribution in [0.4, 0.5) is 20.6 Å². The minimum absolute atomic E-state index is 0.0679. The molecular formula is C27H27FN4O3. The number of ether oxygens (including phenoxy) is 1. The van der Waals surface area contributed by atoms with Crippen molar-refractivity contribution in [3.05, 3.63) is 77.6 Å². The Bertz CT molecular complexity index is 1240. The van der Waals surface area contributed by atoms with Crippen molar-refractivity contribution in [2.24, 2.45) is 5.92 Å². The fraction of sp³-hybridized carbons (Fsp3) is 0.333. The number of hydrogen-bond donors (Lipinski definition) is 1. The number of likely N-dealkylation sites (tertiary alicyclic amines) is 1. The van der Waals surface area contributed by atoms with E-state index in [1.165, 1.54) is 22.7 Å². The van der Waals surface area contributed by atoms with Gasteiger partial charge in [-0.05, 0) is 52.6 Å². The number of halogens is 1. The van der Waals surface area contributed by atoms with Crippen LogP contribution in [-0.2, 0) is 16.1 Å². The number of nitrogens with zero attached hydrogens (tertiary/aromatic N) is 3. The average Bonchev–Trinajstić information content (AvgIpc) is 3.37. The molecule has 2 aromatic carbocycles. The van der Waals surface area contributed by atoms with Crippen LogP contribution in [-0.4, -0.2) is 67.2 Å². The van der Waals surface area contributed by atoms with E-state index in [9.17, 15) is 14.0 Å². The summed E-state index contributed by atoms with van der Waals surface area (Å²) in [5.74, 6) is -0.388. The van der Waals surface area contributed by atoms with E-state index in [0.717, 1.165) is 43.0 Å². The highest BCUT2D eigenvalue weighted by molar-refractivity contribution is 5.96. The highest BCUT2D eigenvalue weighted by atomic mass is 19.1. The van der Waals surface area contributed by atoms with Gasteiger partial charge in [-0.1, -0.05) is 24.8 Å². The normalized spacial score (nSPS) is 23.3. The maximum absolute atomic E-state index is 13.7. The van der Waals surface area contributed by atoms with Crippen LogP contribution < -0.4 is 10.2 Å². The molecule has 2 fully saturated rings. The van der Waals surface area contributed by atoms with Crippen LogP contribution in [0.25, 0.3) is 5.57 Å². The van der Waals surface area contributed by atoms with Gasteiger partial charge in [-0.3, -0.25) is 4.79 Å². The fourth-order valence-electron chi connectivity index (χ4n) is 5.53. The van der Waals surface area contributed by atoms with Gasteiger partial charge >= 0.3 is 6.03 Å². The Labute approximate surface area is 203 Å². The summed E-state index contributed by atoms with van der Waals surface area (Å²) in [5, 5.41) is 2.75. The smallest absolute Gasteiger partial charge is 0.322 e. The minimum Gasteiger partial charge on any atom is -0.378 e. The molecule has 4 aliphatic rings. The molecule has 1 N–H and O–H groups in total. The molecule has 2 bridgehead atoms. The zero-order chi connectivity index (χ0) is 24.1. The quantitative estimate of drug-likeness (QED) is 0.689. The van der Waals surface area contributed by atoms with Gasteiger partial charge in [0.25, 0.3) is 0 Å². The number of amides is 3. The van der Waals surface area contributed by atoms with Crippen molar-refractivity contribution in [1.29, 1.82) is 0 Å². The molecule has 2 atom stereocenters. The van der Waals surface area contributed by atoms with Crippen LogP contribution in [0.1, 0.15) is 11.1 Å². The van der Waals surface area contributed by atoms with Crippen molar-refractivity contribution in [2.45, 2.75) is 12.6 Å². The molecule has 3 amide bonds. The average molecular weight is 475 g/mol. The summed E-state index contributed by atoms with van der Waals surface area (Å²) in [4.78, 5) is 31.5. The summed E-state index contributed by atoms with van der Waals surface area (Å²) < 4.78 is 19.1. The number of carbonyl (C=O) groups excluding carboxylic acids is 2. The third kappa shape index (κ3) is 3.87. The number of nitrogens with one attached hydrogen (secondary N) is 1. The van der Waals surface area contributed by atoms with Gasteiger partial charge in [0.1, 0.15) is 12.4 Å². The van der Waals surface area contributed by atoms with Crippen LogP contribution >= 0.6 is 0 Å². The lowest BCUT2D eigenvalue weighted by Crippen LogP contribution is -2.48. The predicted molar refractivity (Wildman–Crippen MR) is 131 cm³/mol. The molecule has 3 aliphatic heterocycles. The fourth-order valence-corrected chi connectivity index (χ4v) is 5.53. The van der Waals surface area contributed by atoms with E-state index in [4.69, 9.17) is 4.74 Å². The zero-order valence-corrected chi connectivity index (χ0v) is 19.4.